The molecule has 3 aromatic carbocycles. The first-order chi connectivity index (χ1) is 15.7. The molecule has 0 saturated heterocycles. The number of rotatable bonds is 4. The summed E-state index contributed by atoms with van der Waals surface area (Å²) in [4.78, 5) is 24.2. The summed E-state index contributed by atoms with van der Waals surface area (Å²) in [6, 6.07) is 27.2. The highest BCUT2D eigenvalue weighted by atomic mass is 32.2. The van der Waals surface area contributed by atoms with E-state index in [1.807, 2.05) is 72.8 Å². The van der Waals surface area contributed by atoms with Crippen LogP contribution in [0.4, 0.5) is 5.69 Å². The van der Waals surface area contributed by atoms with Gasteiger partial charge in [0.2, 0.25) is 0 Å². The minimum Gasteiger partial charge on any atom is -0.346 e. The van der Waals surface area contributed by atoms with E-state index in [1.165, 1.54) is 0 Å². The first kappa shape index (κ1) is 20.3. The van der Waals surface area contributed by atoms with Crippen molar-refractivity contribution in [2.75, 3.05) is 0 Å². The van der Waals surface area contributed by atoms with E-state index in [-0.39, 0.29) is 5.91 Å². The third-order valence-electron chi connectivity index (χ3n) is 5.16. The molecule has 2 heterocycles. The van der Waals surface area contributed by atoms with Gasteiger partial charge in [0.15, 0.2) is 0 Å². The summed E-state index contributed by atoms with van der Waals surface area (Å²) in [6.07, 6.45) is 1.71. The van der Waals surface area contributed by atoms with Gasteiger partial charge in [-0.1, -0.05) is 65.8 Å². The van der Waals surface area contributed by atoms with E-state index in [4.69, 9.17) is 12.8 Å². The van der Waals surface area contributed by atoms with Crippen molar-refractivity contribution < 1.29 is 4.79 Å². The lowest BCUT2D eigenvalue weighted by molar-refractivity contribution is 0.0950. The number of hydrogen-bond donors (Lipinski definition) is 1. The maximum Gasteiger partial charge on any atom is 0.251 e. The number of benzene rings is 3. The van der Waals surface area contributed by atoms with Crippen LogP contribution in [0.25, 0.3) is 0 Å². The Kier molecular flexibility index (Phi) is 5.61. The Labute approximate surface area is 192 Å². The predicted octanol–water partition coefficient (Wildman–Crippen LogP) is 4.44. The zero-order chi connectivity index (χ0) is 21.9. The zero-order valence-electron chi connectivity index (χ0n) is 17.2. The van der Waals surface area contributed by atoms with E-state index in [2.05, 4.69) is 22.4 Å². The quantitative estimate of drug-likeness (QED) is 0.428. The van der Waals surface area contributed by atoms with Gasteiger partial charge in [-0.3, -0.25) is 9.78 Å². The molecule has 0 aliphatic carbocycles. The first-order valence-corrected chi connectivity index (χ1v) is 11.0. The Morgan fingerprint density at radius 2 is 1.72 bits per heavy atom. The molecule has 1 N–H and O–H groups in total. The number of nitrogens with one attached hydrogen (secondary N) is 1. The molecular weight excluding hydrogens is 413 g/mol. The molecule has 0 atom stereocenters. The van der Waals surface area contributed by atoms with Crippen LogP contribution in [0.2, 0.25) is 0 Å². The van der Waals surface area contributed by atoms with E-state index >= 15 is 0 Å². The van der Waals surface area contributed by atoms with Crippen molar-refractivity contribution in [2.45, 2.75) is 16.3 Å². The highest BCUT2D eigenvalue weighted by Gasteiger charge is 2.20. The summed E-state index contributed by atoms with van der Waals surface area (Å²) < 4.78 is 0. The standard InChI is InChI=1S/C26H18BN3OS/c27-19-11-8-17(9-12-19)25-21-6-1-2-7-23(21)32-24-13-10-18(15-22(24)30-25)26(31)29-16-20-5-3-4-14-28-20/h1-15H,16H2,(H,29,31). The first-order valence-electron chi connectivity index (χ1n) is 10.2. The highest BCUT2D eigenvalue weighted by Crippen LogP contribution is 2.41. The van der Waals surface area contributed by atoms with Gasteiger partial charge in [-0.25, -0.2) is 4.99 Å². The summed E-state index contributed by atoms with van der Waals surface area (Å²) >= 11 is 1.65. The summed E-state index contributed by atoms with van der Waals surface area (Å²) in [5.74, 6) is -0.158. The topological polar surface area (TPSA) is 54.4 Å². The second-order valence-electron chi connectivity index (χ2n) is 7.37. The Morgan fingerprint density at radius 1 is 0.906 bits per heavy atom. The van der Waals surface area contributed by atoms with Gasteiger partial charge in [0, 0.05) is 32.7 Å². The molecule has 0 spiro atoms. The molecule has 1 aliphatic heterocycles. The molecule has 32 heavy (non-hydrogen) atoms. The molecule has 4 aromatic rings. The summed E-state index contributed by atoms with van der Waals surface area (Å²) in [7, 11) is 5.89. The van der Waals surface area contributed by atoms with Gasteiger partial charge in [0.25, 0.3) is 5.91 Å². The normalized spacial score (nSPS) is 12.2. The van der Waals surface area contributed by atoms with Gasteiger partial charge in [0.1, 0.15) is 7.85 Å². The molecule has 152 valence electrons. The lowest BCUT2D eigenvalue weighted by atomic mass is 9.93. The van der Waals surface area contributed by atoms with Crippen LogP contribution in [0.15, 0.2) is 106 Å². The molecule has 2 radical (unpaired) electrons. The van der Waals surface area contributed by atoms with E-state index < -0.39 is 0 Å². The van der Waals surface area contributed by atoms with E-state index in [9.17, 15) is 4.79 Å². The lowest BCUT2D eigenvalue weighted by Gasteiger charge is -2.09. The third-order valence-corrected chi connectivity index (χ3v) is 6.30. The van der Waals surface area contributed by atoms with E-state index in [1.54, 1.807) is 18.0 Å². The van der Waals surface area contributed by atoms with Crippen LogP contribution >= 0.6 is 11.8 Å². The number of fused-ring (bicyclic) bond motifs is 2. The average molecular weight is 431 g/mol. The predicted molar refractivity (Wildman–Crippen MR) is 130 cm³/mol. The van der Waals surface area contributed by atoms with Crippen LogP contribution in [0.5, 0.6) is 0 Å². The van der Waals surface area contributed by atoms with Crippen molar-refractivity contribution in [3.8, 4) is 0 Å². The fourth-order valence-electron chi connectivity index (χ4n) is 3.52. The molecule has 0 unspecified atom stereocenters. The Morgan fingerprint density at radius 3 is 2.53 bits per heavy atom. The maximum absolute atomic E-state index is 12.8. The minimum absolute atomic E-state index is 0.158. The van der Waals surface area contributed by atoms with Crippen LogP contribution in [-0.4, -0.2) is 24.4 Å². The van der Waals surface area contributed by atoms with Crippen LogP contribution in [0, 0.1) is 0 Å². The SMILES string of the molecule is [B]c1ccc(C2=Nc3cc(C(=O)NCc4ccccn4)ccc3Sc3ccccc32)cc1. The smallest absolute Gasteiger partial charge is 0.251 e. The van der Waals surface area contributed by atoms with Crippen LogP contribution in [0.1, 0.15) is 27.2 Å². The summed E-state index contributed by atoms with van der Waals surface area (Å²) in [6.45, 7) is 0.372. The van der Waals surface area contributed by atoms with Gasteiger partial charge in [-0.05, 0) is 36.4 Å². The van der Waals surface area contributed by atoms with Crippen LogP contribution < -0.4 is 10.8 Å². The highest BCUT2D eigenvalue weighted by molar-refractivity contribution is 7.99. The van der Waals surface area contributed by atoms with Crippen molar-refractivity contribution in [3.63, 3.8) is 0 Å². The number of aliphatic imine (C=N–C) groups is 1. The van der Waals surface area contributed by atoms with Crippen molar-refractivity contribution in [3.05, 3.63) is 114 Å². The fourth-order valence-corrected chi connectivity index (χ4v) is 4.52. The average Bonchev–Trinajstić information content (AvgIpc) is 3.00. The van der Waals surface area contributed by atoms with E-state index in [0.29, 0.717) is 17.6 Å². The van der Waals surface area contributed by atoms with Gasteiger partial charge >= 0.3 is 0 Å². The number of aromatic nitrogens is 1. The van der Waals surface area contributed by atoms with Gasteiger partial charge in [-0.2, -0.15) is 0 Å². The van der Waals surface area contributed by atoms with Crippen molar-refractivity contribution >= 4 is 42.4 Å². The Hall–Kier alpha value is -3.64. The van der Waals surface area contributed by atoms with Crippen LogP contribution in [0.3, 0.4) is 0 Å². The molecule has 1 amide bonds. The van der Waals surface area contributed by atoms with Crippen molar-refractivity contribution in [1.29, 1.82) is 0 Å². The number of nitrogens with zero attached hydrogens (tertiary/aromatic N) is 2. The van der Waals surface area contributed by atoms with Gasteiger partial charge in [0.05, 0.1) is 23.6 Å². The fraction of sp³-hybridized carbons (Fsp3) is 0.0385. The molecule has 0 fully saturated rings. The molecule has 4 nitrogen and oxygen atoms in total. The van der Waals surface area contributed by atoms with Crippen LogP contribution in [-0.2, 0) is 6.54 Å². The number of carbonyl (C=O) groups excluding carboxylic acids is 1. The number of carbonyl (C=O) groups is 1. The van der Waals surface area contributed by atoms with Gasteiger partial charge < -0.3 is 5.32 Å². The summed E-state index contributed by atoms with van der Waals surface area (Å²) in [5.41, 5.74) is 5.74. The maximum atomic E-state index is 12.8. The van der Waals surface area contributed by atoms with E-state index in [0.717, 1.165) is 38.0 Å². The van der Waals surface area contributed by atoms with Crippen molar-refractivity contribution in [1.82, 2.24) is 10.3 Å². The number of pyridine rings is 1. The molecule has 5 rings (SSSR count). The Balaban J connectivity index is 1.51. The second-order valence-corrected chi connectivity index (χ2v) is 8.45. The number of amides is 1. The molecule has 1 aromatic heterocycles. The monoisotopic (exact) mass is 431 g/mol. The zero-order valence-corrected chi connectivity index (χ0v) is 18.0. The molecule has 0 bridgehead atoms. The molecular formula is C26H18BN3OS. The Bertz CT molecular complexity index is 1320. The second kappa shape index (κ2) is 8.85. The largest absolute Gasteiger partial charge is 0.346 e. The summed E-state index contributed by atoms with van der Waals surface area (Å²) in [5, 5.41) is 2.93. The number of hydrogen-bond acceptors (Lipinski definition) is 4. The minimum atomic E-state index is -0.158. The molecule has 6 heteroatoms. The molecule has 1 aliphatic rings. The van der Waals surface area contributed by atoms with Crippen molar-refractivity contribution in [2.24, 2.45) is 4.99 Å². The third kappa shape index (κ3) is 4.22. The lowest BCUT2D eigenvalue weighted by Crippen LogP contribution is -2.23. The molecule has 0 saturated carbocycles. The van der Waals surface area contributed by atoms with Gasteiger partial charge in [-0.15, -0.1) is 0 Å².